The second kappa shape index (κ2) is 6.32. The summed E-state index contributed by atoms with van der Waals surface area (Å²) in [6.45, 7) is 4.66. The molecule has 1 aromatic rings. The lowest BCUT2D eigenvalue weighted by molar-refractivity contribution is 0.124. The first-order chi connectivity index (χ1) is 8.68. The molecular formula is C15H23NO2. The van der Waals surface area contributed by atoms with Crippen LogP contribution in [0.3, 0.4) is 0 Å². The van der Waals surface area contributed by atoms with Crippen LogP contribution >= 0.6 is 0 Å². The van der Waals surface area contributed by atoms with Crippen LogP contribution in [-0.4, -0.2) is 42.9 Å². The Morgan fingerprint density at radius 3 is 2.89 bits per heavy atom. The minimum absolute atomic E-state index is 0.365. The molecule has 1 aliphatic rings. The van der Waals surface area contributed by atoms with E-state index in [1.165, 1.54) is 0 Å². The molecule has 0 saturated carbocycles. The van der Waals surface area contributed by atoms with Gasteiger partial charge < -0.3 is 14.7 Å². The number of aryl methyl sites for hydroxylation is 1. The topological polar surface area (TPSA) is 32.7 Å². The fourth-order valence-electron chi connectivity index (χ4n) is 2.49. The number of likely N-dealkylation sites (N-methyl/N-ethyl adjacent to an activating group) is 1. The van der Waals surface area contributed by atoms with E-state index in [1.54, 1.807) is 0 Å². The van der Waals surface area contributed by atoms with Crippen LogP contribution < -0.4 is 0 Å². The minimum atomic E-state index is -0.365. The Kier molecular flexibility index (Phi) is 4.75. The maximum Gasteiger partial charge on any atom is 0.0804 e. The van der Waals surface area contributed by atoms with Crippen molar-refractivity contribution in [2.45, 2.75) is 31.9 Å². The Morgan fingerprint density at radius 2 is 2.22 bits per heavy atom. The normalized spacial score (nSPS) is 21.4. The van der Waals surface area contributed by atoms with E-state index in [0.717, 1.165) is 43.7 Å². The van der Waals surface area contributed by atoms with Crippen LogP contribution in [0.25, 0.3) is 0 Å². The highest BCUT2D eigenvalue weighted by Gasteiger charge is 2.21. The molecule has 0 amide bonds. The lowest BCUT2D eigenvalue weighted by atomic mass is 10.0. The number of rotatable bonds is 5. The van der Waals surface area contributed by atoms with Gasteiger partial charge in [-0.05, 0) is 37.9 Å². The molecule has 2 atom stereocenters. The Bertz CT molecular complexity index is 375. The molecule has 1 N–H and O–H groups in total. The van der Waals surface area contributed by atoms with Crippen molar-refractivity contribution in [2.75, 3.05) is 26.8 Å². The number of aliphatic hydroxyl groups excluding tert-OH is 1. The largest absolute Gasteiger partial charge is 0.388 e. The van der Waals surface area contributed by atoms with Crippen molar-refractivity contribution >= 4 is 0 Å². The van der Waals surface area contributed by atoms with Gasteiger partial charge in [0.1, 0.15) is 0 Å². The van der Waals surface area contributed by atoms with Crippen molar-refractivity contribution in [1.82, 2.24) is 4.90 Å². The molecule has 3 nitrogen and oxygen atoms in total. The molecule has 0 bridgehead atoms. The van der Waals surface area contributed by atoms with Crippen LogP contribution in [-0.2, 0) is 4.74 Å². The van der Waals surface area contributed by atoms with Gasteiger partial charge in [-0.25, -0.2) is 0 Å². The Labute approximate surface area is 109 Å². The Balaban J connectivity index is 1.84. The third-order valence-electron chi connectivity index (χ3n) is 3.83. The highest BCUT2D eigenvalue weighted by Crippen LogP contribution is 2.21. The second-order valence-corrected chi connectivity index (χ2v) is 5.16. The van der Waals surface area contributed by atoms with Crippen molar-refractivity contribution in [3.63, 3.8) is 0 Å². The van der Waals surface area contributed by atoms with E-state index in [4.69, 9.17) is 4.74 Å². The molecule has 1 saturated heterocycles. The van der Waals surface area contributed by atoms with Gasteiger partial charge in [-0.2, -0.15) is 0 Å². The molecule has 2 unspecified atom stereocenters. The summed E-state index contributed by atoms with van der Waals surface area (Å²) in [5.41, 5.74) is 2.21. The summed E-state index contributed by atoms with van der Waals surface area (Å²) in [6, 6.07) is 8.58. The van der Waals surface area contributed by atoms with Crippen LogP contribution in [0.5, 0.6) is 0 Å². The molecule has 0 aromatic heterocycles. The molecule has 18 heavy (non-hydrogen) atoms. The summed E-state index contributed by atoms with van der Waals surface area (Å²) in [5.74, 6) is 0. The Morgan fingerprint density at radius 1 is 1.44 bits per heavy atom. The summed E-state index contributed by atoms with van der Waals surface area (Å²) in [5, 5.41) is 10.2. The van der Waals surface area contributed by atoms with Gasteiger partial charge in [-0.15, -0.1) is 0 Å². The first-order valence-electron chi connectivity index (χ1n) is 6.70. The van der Waals surface area contributed by atoms with Gasteiger partial charge in [-0.3, -0.25) is 0 Å². The third kappa shape index (κ3) is 3.31. The minimum Gasteiger partial charge on any atom is -0.388 e. The van der Waals surface area contributed by atoms with Gasteiger partial charge in [0.15, 0.2) is 0 Å². The standard InChI is InChI=1S/C15H23NO2/c1-12-5-3-4-6-14(12)15(17)7-9-16(2)13-8-10-18-11-13/h3-6,13,15,17H,7-11H2,1-2H3. The molecule has 100 valence electrons. The Hall–Kier alpha value is -0.900. The quantitative estimate of drug-likeness (QED) is 0.868. The van der Waals surface area contributed by atoms with E-state index in [9.17, 15) is 5.11 Å². The summed E-state index contributed by atoms with van der Waals surface area (Å²) >= 11 is 0. The third-order valence-corrected chi connectivity index (χ3v) is 3.83. The maximum absolute atomic E-state index is 10.2. The van der Waals surface area contributed by atoms with Crippen LogP contribution in [0.15, 0.2) is 24.3 Å². The summed E-state index contributed by atoms with van der Waals surface area (Å²) < 4.78 is 5.38. The zero-order valence-corrected chi connectivity index (χ0v) is 11.3. The zero-order valence-electron chi connectivity index (χ0n) is 11.3. The first-order valence-corrected chi connectivity index (χ1v) is 6.70. The zero-order chi connectivity index (χ0) is 13.0. The fourth-order valence-corrected chi connectivity index (χ4v) is 2.49. The molecule has 3 heteroatoms. The summed E-state index contributed by atoms with van der Waals surface area (Å²) in [6.07, 6.45) is 1.52. The number of nitrogens with zero attached hydrogens (tertiary/aromatic N) is 1. The molecule has 1 aliphatic heterocycles. The van der Waals surface area contributed by atoms with E-state index in [2.05, 4.69) is 11.9 Å². The van der Waals surface area contributed by atoms with E-state index >= 15 is 0 Å². The van der Waals surface area contributed by atoms with Crippen molar-refractivity contribution < 1.29 is 9.84 Å². The van der Waals surface area contributed by atoms with E-state index in [0.29, 0.717) is 6.04 Å². The van der Waals surface area contributed by atoms with Gasteiger partial charge >= 0.3 is 0 Å². The van der Waals surface area contributed by atoms with Crippen molar-refractivity contribution in [1.29, 1.82) is 0 Å². The van der Waals surface area contributed by atoms with Gasteiger partial charge in [0.2, 0.25) is 0 Å². The van der Waals surface area contributed by atoms with Crippen molar-refractivity contribution in [3.8, 4) is 0 Å². The predicted molar refractivity (Wildman–Crippen MR) is 72.6 cm³/mol. The summed E-state index contributed by atoms with van der Waals surface area (Å²) in [4.78, 5) is 2.30. The van der Waals surface area contributed by atoms with E-state index in [1.807, 2.05) is 31.2 Å². The molecule has 2 rings (SSSR count). The van der Waals surface area contributed by atoms with Crippen LogP contribution in [0.1, 0.15) is 30.1 Å². The van der Waals surface area contributed by atoms with Gasteiger partial charge in [0, 0.05) is 19.2 Å². The van der Waals surface area contributed by atoms with Crippen molar-refractivity contribution in [2.24, 2.45) is 0 Å². The second-order valence-electron chi connectivity index (χ2n) is 5.16. The first kappa shape index (κ1) is 13.5. The van der Waals surface area contributed by atoms with Crippen molar-refractivity contribution in [3.05, 3.63) is 35.4 Å². The molecular weight excluding hydrogens is 226 g/mol. The summed E-state index contributed by atoms with van der Waals surface area (Å²) in [7, 11) is 2.11. The monoisotopic (exact) mass is 249 g/mol. The molecule has 1 fully saturated rings. The highest BCUT2D eigenvalue weighted by atomic mass is 16.5. The fraction of sp³-hybridized carbons (Fsp3) is 0.600. The van der Waals surface area contributed by atoms with E-state index < -0.39 is 0 Å². The lowest BCUT2D eigenvalue weighted by Crippen LogP contribution is -2.33. The molecule has 1 aromatic carbocycles. The lowest BCUT2D eigenvalue weighted by Gasteiger charge is -2.24. The van der Waals surface area contributed by atoms with Crippen LogP contribution in [0.2, 0.25) is 0 Å². The van der Waals surface area contributed by atoms with Gasteiger partial charge in [0.05, 0.1) is 12.7 Å². The smallest absolute Gasteiger partial charge is 0.0804 e. The number of hydrogen-bond acceptors (Lipinski definition) is 3. The molecule has 0 spiro atoms. The average molecular weight is 249 g/mol. The van der Waals surface area contributed by atoms with Crippen LogP contribution in [0, 0.1) is 6.92 Å². The molecule has 1 heterocycles. The average Bonchev–Trinajstić information content (AvgIpc) is 2.90. The van der Waals surface area contributed by atoms with Gasteiger partial charge in [0.25, 0.3) is 0 Å². The number of ether oxygens (including phenoxy) is 1. The molecule has 0 aliphatic carbocycles. The maximum atomic E-state index is 10.2. The van der Waals surface area contributed by atoms with E-state index in [-0.39, 0.29) is 6.10 Å². The van der Waals surface area contributed by atoms with Gasteiger partial charge in [-0.1, -0.05) is 24.3 Å². The number of benzene rings is 1. The molecule has 0 radical (unpaired) electrons. The number of hydrogen-bond donors (Lipinski definition) is 1. The highest BCUT2D eigenvalue weighted by molar-refractivity contribution is 5.27. The van der Waals surface area contributed by atoms with Crippen LogP contribution in [0.4, 0.5) is 0 Å². The SMILES string of the molecule is Cc1ccccc1C(O)CCN(C)C1CCOC1. The number of aliphatic hydroxyl groups is 1. The predicted octanol–water partition coefficient (Wildman–Crippen LogP) is 2.14.